The van der Waals surface area contributed by atoms with E-state index in [-0.39, 0.29) is 17.3 Å². The van der Waals surface area contributed by atoms with Gasteiger partial charge in [-0.1, -0.05) is 26.0 Å². The summed E-state index contributed by atoms with van der Waals surface area (Å²) in [5.41, 5.74) is 1.30. The molecule has 8 heteroatoms. The zero-order valence-electron chi connectivity index (χ0n) is 16.2. The fourth-order valence-corrected chi connectivity index (χ4v) is 5.19. The lowest BCUT2D eigenvalue weighted by molar-refractivity contribution is -0.128. The van der Waals surface area contributed by atoms with Gasteiger partial charge in [0.2, 0.25) is 15.9 Å². The van der Waals surface area contributed by atoms with Gasteiger partial charge in [0.15, 0.2) is 0 Å². The van der Waals surface area contributed by atoms with Crippen molar-refractivity contribution in [2.45, 2.75) is 32.2 Å². The van der Waals surface area contributed by atoms with Gasteiger partial charge in [0.25, 0.3) is 0 Å². The number of nitrogens with zero attached hydrogens (tertiary/aromatic N) is 2. The van der Waals surface area contributed by atoms with Crippen LogP contribution < -0.4 is 5.32 Å². The molecule has 0 unspecified atom stereocenters. The van der Waals surface area contributed by atoms with Crippen LogP contribution >= 0.6 is 11.3 Å². The number of carbonyl (C=O) groups is 1. The first-order valence-electron chi connectivity index (χ1n) is 8.90. The van der Waals surface area contributed by atoms with E-state index in [0.717, 1.165) is 4.88 Å². The summed E-state index contributed by atoms with van der Waals surface area (Å²) in [5, 5.41) is 5.03. The van der Waals surface area contributed by atoms with Crippen LogP contribution in [0.5, 0.6) is 0 Å². The first-order valence-corrected chi connectivity index (χ1v) is 11.2. The fraction of sp³-hybridized carbons (Fsp3) is 0.421. The summed E-state index contributed by atoms with van der Waals surface area (Å²) >= 11 is 1.61. The number of thiophene rings is 1. The average molecular weight is 410 g/mol. The maximum atomic E-state index is 12.8. The van der Waals surface area contributed by atoms with Crippen molar-refractivity contribution in [1.82, 2.24) is 9.21 Å². The number of rotatable bonds is 9. The Labute approximate surface area is 165 Å². The molecule has 0 radical (unpaired) electrons. The van der Waals surface area contributed by atoms with Gasteiger partial charge in [-0.2, -0.15) is 4.31 Å². The van der Waals surface area contributed by atoms with Crippen molar-refractivity contribution >= 4 is 33.0 Å². The zero-order chi connectivity index (χ0) is 20.0. The Morgan fingerprint density at radius 2 is 1.89 bits per heavy atom. The van der Waals surface area contributed by atoms with Gasteiger partial charge < -0.3 is 10.2 Å². The highest BCUT2D eigenvalue weighted by atomic mass is 32.2. The van der Waals surface area contributed by atoms with E-state index < -0.39 is 10.0 Å². The highest BCUT2D eigenvalue weighted by Gasteiger charge is 2.24. The minimum absolute atomic E-state index is 0.0582. The van der Waals surface area contributed by atoms with Crippen LogP contribution in [0, 0.1) is 6.92 Å². The van der Waals surface area contributed by atoms with Gasteiger partial charge in [0.05, 0.1) is 18.0 Å². The third kappa shape index (κ3) is 5.31. The van der Waals surface area contributed by atoms with Gasteiger partial charge in [0, 0.05) is 30.7 Å². The number of hydrogen-bond acceptors (Lipinski definition) is 5. The molecule has 27 heavy (non-hydrogen) atoms. The van der Waals surface area contributed by atoms with E-state index in [1.54, 1.807) is 48.4 Å². The summed E-state index contributed by atoms with van der Waals surface area (Å²) < 4.78 is 27.1. The summed E-state index contributed by atoms with van der Waals surface area (Å²) in [6.07, 6.45) is 0. The Morgan fingerprint density at radius 1 is 1.19 bits per heavy atom. The molecule has 0 bridgehead atoms. The molecule has 6 nitrogen and oxygen atoms in total. The van der Waals surface area contributed by atoms with Crippen LogP contribution in [0.3, 0.4) is 0 Å². The number of likely N-dealkylation sites (N-methyl/N-ethyl adjacent to an activating group) is 1. The van der Waals surface area contributed by atoms with Gasteiger partial charge in [-0.05, 0) is 36.1 Å². The predicted octanol–water partition coefficient (Wildman–Crippen LogP) is 3.16. The maximum absolute atomic E-state index is 12.8. The lowest BCUT2D eigenvalue weighted by atomic mass is 10.2. The molecular weight excluding hydrogens is 382 g/mol. The summed E-state index contributed by atoms with van der Waals surface area (Å²) in [5.74, 6) is -0.0582. The molecule has 1 amide bonds. The van der Waals surface area contributed by atoms with E-state index in [1.807, 2.05) is 31.4 Å². The van der Waals surface area contributed by atoms with Crippen LogP contribution in [0.1, 0.15) is 24.3 Å². The van der Waals surface area contributed by atoms with Crippen LogP contribution in [-0.4, -0.2) is 50.2 Å². The fourth-order valence-electron chi connectivity index (χ4n) is 2.73. The molecule has 148 valence electrons. The van der Waals surface area contributed by atoms with Gasteiger partial charge in [-0.3, -0.25) is 4.79 Å². The third-order valence-electron chi connectivity index (χ3n) is 4.35. The quantitative estimate of drug-likeness (QED) is 0.691. The monoisotopic (exact) mass is 409 g/mol. The molecule has 0 aliphatic rings. The SMILES string of the molecule is CCN(CC)S(=O)(=O)c1cc(NCC(=O)N(C)Cc2cccs2)ccc1C. The standard InChI is InChI=1S/C19H27N3O3S2/c1-5-22(6-2)27(24,25)18-12-16(10-9-15(18)3)20-13-19(23)21(4)14-17-8-7-11-26-17/h7-12,20H,5-6,13-14H2,1-4H3. The molecule has 1 heterocycles. The average Bonchev–Trinajstić information content (AvgIpc) is 3.14. The van der Waals surface area contributed by atoms with Gasteiger partial charge >= 0.3 is 0 Å². The summed E-state index contributed by atoms with van der Waals surface area (Å²) in [4.78, 5) is 15.4. The Kier molecular flexibility index (Phi) is 7.41. The van der Waals surface area contributed by atoms with E-state index in [4.69, 9.17) is 0 Å². The van der Waals surface area contributed by atoms with Crippen LogP contribution in [-0.2, 0) is 21.4 Å². The predicted molar refractivity (Wildman–Crippen MR) is 111 cm³/mol. The van der Waals surface area contributed by atoms with Crippen LogP contribution in [0.25, 0.3) is 0 Å². The number of aryl methyl sites for hydroxylation is 1. The van der Waals surface area contributed by atoms with Crippen LogP contribution in [0.2, 0.25) is 0 Å². The molecular formula is C19H27N3O3S2. The number of benzene rings is 1. The first-order chi connectivity index (χ1) is 12.8. The van der Waals surface area contributed by atoms with Crippen molar-refractivity contribution in [1.29, 1.82) is 0 Å². The minimum Gasteiger partial charge on any atom is -0.376 e. The van der Waals surface area contributed by atoms with E-state index in [1.165, 1.54) is 4.31 Å². The van der Waals surface area contributed by atoms with Crippen molar-refractivity contribution in [3.8, 4) is 0 Å². The zero-order valence-corrected chi connectivity index (χ0v) is 17.9. The van der Waals surface area contributed by atoms with Crippen molar-refractivity contribution < 1.29 is 13.2 Å². The highest BCUT2D eigenvalue weighted by molar-refractivity contribution is 7.89. The highest BCUT2D eigenvalue weighted by Crippen LogP contribution is 2.23. The molecule has 0 aliphatic heterocycles. The molecule has 1 N–H and O–H groups in total. The number of sulfonamides is 1. The lowest BCUT2D eigenvalue weighted by Gasteiger charge is -2.21. The lowest BCUT2D eigenvalue weighted by Crippen LogP contribution is -2.32. The van der Waals surface area contributed by atoms with Gasteiger partial charge in [0.1, 0.15) is 0 Å². The van der Waals surface area contributed by atoms with E-state index in [2.05, 4.69) is 5.32 Å². The Hall–Kier alpha value is -1.90. The second-order valence-electron chi connectivity index (χ2n) is 6.25. The molecule has 0 atom stereocenters. The normalized spacial score (nSPS) is 11.6. The minimum atomic E-state index is -3.54. The molecule has 0 saturated carbocycles. The molecule has 0 saturated heterocycles. The van der Waals surface area contributed by atoms with Crippen LogP contribution in [0.15, 0.2) is 40.6 Å². The molecule has 1 aromatic heterocycles. The number of amides is 1. The van der Waals surface area contributed by atoms with Crippen LogP contribution in [0.4, 0.5) is 5.69 Å². The first kappa shape index (κ1) is 21.4. The summed E-state index contributed by atoms with van der Waals surface area (Å²) in [7, 11) is -1.79. The van der Waals surface area contributed by atoms with E-state index in [9.17, 15) is 13.2 Å². The third-order valence-corrected chi connectivity index (χ3v) is 7.41. The molecule has 2 aromatic rings. The number of nitrogens with one attached hydrogen (secondary N) is 1. The number of hydrogen-bond donors (Lipinski definition) is 1. The smallest absolute Gasteiger partial charge is 0.243 e. The van der Waals surface area contributed by atoms with Crippen molar-refractivity contribution in [2.75, 3.05) is 32.0 Å². The Bertz CT molecular complexity index is 860. The topological polar surface area (TPSA) is 69.7 Å². The van der Waals surface area contributed by atoms with Gasteiger partial charge in [-0.25, -0.2) is 8.42 Å². The van der Waals surface area contributed by atoms with Crippen molar-refractivity contribution in [3.05, 3.63) is 46.2 Å². The number of anilines is 1. The summed E-state index contributed by atoms with van der Waals surface area (Å²) in [6.45, 7) is 6.93. The second-order valence-corrected chi connectivity index (χ2v) is 9.19. The Morgan fingerprint density at radius 3 is 2.48 bits per heavy atom. The Balaban J connectivity index is 2.08. The molecule has 2 rings (SSSR count). The maximum Gasteiger partial charge on any atom is 0.243 e. The summed E-state index contributed by atoms with van der Waals surface area (Å²) in [6, 6.07) is 9.12. The second kappa shape index (κ2) is 9.34. The molecule has 0 fully saturated rings. The van der Waals surface area contributed by atoms with E-state index in [0.29, 0.717) is 30.9 Å². The van der Waals surface area contributed by atoms with Crippen molar-refractivity contribution in [2.24, 2.45) is 0 Å². The van der Waals surface area contributed by atoms with Crippen molar-refractivity contribution in [3.63, 3.8) is 0 Å². The molecule has 0 aliphatic carbocycles. The van der Waals surface area contributed by atoms with Gasteiger partial charge in [-0.15, -0.1) is 11.3 Å². The largest absolute Gasteiger partial charge is 0.376 e. The van der Waals surface area contributed by atoms with E-state index >= 15 is 0 Å². The molecule has 0 spiro atoms. The number of carbonyl (C=O) groups excluding carboxylic acids is 1. The molecule has 1 aromatic carbocycles.